The first-order chi connectivity index (χ1) is 6.83. The molecule has 84 valence electrons. The molecule has 0 atom stereocenters. The van der Waals surface area contributed by atoms with Crippen LogP contribution in [0.3, 0.4) is 0 Å². The van der Waals surface area contributed by atoms with Crippen LogP contribution < -0.4 is 16.2 Å². The minimum absolute atomic E-state index is 0.0328. The molecule has 4 N–H and O–H groups in total. The average molecular weight is 333 g/mol. The fraction of sp³-hybridized carbons (Fsp3) is 0.286. The van der Waals surface area contributed by atoms with Crippen LogP contribution in [0.4, 0.5) is 18.9 Å². The highest BCUT2D eigenvalue weighted by Gasteiger charge is 2.33. The van der Waals surface area contributed by atoms with Gasteiger partial charge in [-0.05, 0) is 28.7 Å². The van der Waals surface area contributed by atoms with Crippen molar-refractivity contribution in [2.75, 3.05) is 5.73 Å². The third-order valence-electron chi connectivity index (χ3n) is 1.44. The molecule has 1 rings (SSSR count). The number of ether oxygens (including phenoxy) is 1. The Balaban J connectivity index is 3.09. The summed E-state index contributed by atoms with van der Waals surface area (Å²) in [5, 5.41) is 0. The van der Waals surface area contributed by atoms with Gasteiger partial charge in [0.1, 0.15) is 3.70 Å². The second-order valence-corrected chi connectivity index (χ2v) is 3.60. The summed E-state index contributed by atoms with van der Waals surface area (Å²) in [6, 6.07) is 1.25. The zero-order chi connectivity index (χ0) is 11.6. The summed E-state index contributed by atoms with van der Waals surface area (Å²) in [7, 11) is 0. The van der Waals surface area contributed by atoms with Crippen molar-refractivity contribution in [2.24, 2.45) is 5.73 Å². The Hall–Kier alpha value is -0.770. The van der Waals surface area contributed by atoms with Gasteiger partial charge in [0, 0.05) is 6.54 Å². The molecule has 1 aromatic heterocycles. The molecule has 15 heavy (non-hydrogen) atoms. The van der Waals surface area contributed by atoms with E-state index in [0.717, 1.165) is 0 Å². The van der Waals surface area contributed by atoms with Crippen molar-refractivity contribution >= 4 is 28.3 Å². The van der Waals surface area contributed by atoms with Crippen LogP contribution >= 0.6 is 22.6 Å². The highest BCUT2D eigenvalue weighted by Crippen LogP contribution is 2.32. The minimum Gasteiger partial charge on any atom is -0.401 e. The van der Waals surface area contributed by atoms with Crippen molar-refractivity contribution < 1.29 is 17.9 Å². The van der Waals surface area contributed by atoms with Crippen LogP contribution in [0.1, 0.15) is 5.69 Å². The number of alkyl halides is 3. The van der Waals surface area contributed by atoms with E-state index in [1.807, 2.05) is 0 Å². The lowest BCUT2D eigenvalue weighted by Gasteiger charge is -2.12. The van der Waals surface area contributed by atoms with E-state index >= 15 is 0 Å². The number of hydrogen-bond donors (Lipinski definition) is 2. The maximum Gasteiger partial charge on any atom is 0.573 e. The average Bonchev–Trinajstić information content (AvgIpc) is 2.09. The molecule has 0 bridgehead atoms. The number of nitrogens with two attached hydrogens (primary N) is 2. The Labute approximate surface area is 96.9 Å². The van der Waals surface area contributed by atoms with Gasteiger partial charge >= 0.3 is 6.36 Å². The number of hydrogen-bond acceptors (Lipinski definition) is 4. The van der Waals surface area contributed by atoms with Crippen molar-refractivity contribution in [1.82, 2.24) is 4.98 Å². The molecular weight excluding hydrogens is 326 g/mol. The maximum atomic E-state index is 12.0. The predicted octanol–water partition coefficient (Wildman–Crippen LogP) is 1.63. The molecule has 0 fully saturated rings. The van der Waals surface area contributed by atoms with Gasteiger partial charge in [0.2, 0.25) is 0 Å². The highest BCUT2D eigenvalue weighted by atomic mass is 127. The van der Waals surface area contributed by atoms with Gasteiger partial charge in [0.05, 0.1) is 11.4 Å². The summed E-state index contributed by atoms with van der Waals surface area (Å²) < 4.78 is 39.6. The van der Waals surface area contributed by atoms with E-state index in [2.05, 4.69) is 9.72 Å². The first-order valence-electron chi connectivity index (χ1n) is 3.74. The highest BCUT2D eigenvalue weighted by molar-refractivity contribution is 14.1. The van der Waals surface area contributed by atoms with Crippen LogP contribution in [0, 0.1) is 3.70 Å². The van der Waals surface area contributed by atoms with Crippen molar-refractivity contribution in [3.8, 4) is 5.75 Å². The topological polar surface area (TPSA) is 74.2 Å². The van der Waals surface area contributed by atoms with Crippen molar-refractivity contribution in [3.05, 3.63) is 15.5 Å². The van der Waals surface area contributed by atoms with Crippen LogP contribution in [0.25, 0.3) is 0 Å². The molecule has 1 heterocycles. The monoisotopic (exact) mass is 333 g/mol. The number of halogens is 4. The SMILES string of the molecule is NCc1cc(N)c(OC(F)(F)F)c(I)n1. The summed E-state index contributed by atoms with van der Waals surface area (Å²) >= 11 is 1.60. The second-order valence-electron chi connectivity index (χ2n) is 2.57. The molecule has 0 aromatic carbocycles. The van der Waals surface area contributed by atoms with Gasteiger partial charge in [-0.3, -0.25) is 0 Å². The van der Waals surface area contributed by atoms with E-state index in [0.29, 0.717) is 5.69 Å². The third kappa shape index (κ3) is 3.38. The van der Waals surface area contributed by atoms with E-state index in [1.165, 1.54) is 6.07 Å². The molecule has 0 saturated heterocycles. The second kappa shape index (κ2) is 4.39. The van der Waals surface area contributed by atoms with E-state index < -0.39 is 12.1 Å². The number of nitrogen functional groups attached to an aromatic ring is 1. The van der Waals surface area contributed by atoms with Gasteiger partial charge in [-0.1, -0.05) is 0 Å². The van der Waals surface area contributed by atoms with Crippen molar-refractivity contribution in [1.29, 1.82) is 0 Å². The largest absolute Gasteiger partial charge is 0.573 e. The molecule has 8 heteroatoms. The van der Waals surface area contributed by atoms with Crippen LogP contribution in [0.15, 0.2) is 6.07 Å². The molecule has 0 radical (unpaired) electrons. The fourth-order valence-corrected chi connectivity index (χ4v) is 1.63. The molecule has 4 nitrogen and oxygen atoms in total. The smallest absolute Gasteiger partial charge is 0.401 e. The molecule has 1 aromatic rings. The Morgan fingerprint density at radius 2 is 2.07 bits per heavy atom. The van der Waals surface area contributed by atoms with Crippen LogP contribution in [0.2, 0.25) is 0 Å². The fourth-order valence-electron chi connectivity index (χ4n) is 0.895. The van der Waals surface area contributed by atoms with E-state index in [9.17, 15) is 13.2 Å². The summed E-state index contributed by atoms with van der Waals surface area (Å²) in [4.78, 5) is 3.79. The standard InChI is InChI=1S/C7H7F3IN3O/c8-7(9,10)15-5-4(13)1-3(2-12)14-6(5)11/h1H,2,12H2,(H2,13,14). The summed E-state index contributed by atoms with van der Waals surface area (Å²) in [6.07, 6.45) is -4.78. The summed E-state index contributed by atoms with van der Waals surface area (Å²) in [5.41, 5.74) is 10.9. The molecule has 0 aliphatic heterocycles. The van der Waals surface area contributed by atoms with Crippen LogP contribution in [-0.2, 0) is 6.54 Å². The van der Waals surface area contributed by atoms with Gasteiger partial charge in [0.15, 0.2) is 5.75 Å². The minimum atomic E-state index is -4.78. The normalized spacial score (nSPS) is 11.5. The molecular formula is C7H7F3IN3O. The number of pyridine rings is 1. The molecule has 0 spiro atoms. The summed E-state index contributed by atoms with van der Waals surface area (Å²) in [6.45, 7) is 0.104. The zero-order valence-corrected chi connectivity index (χ0v) is 9.46. The molecule has 0 aliphatic carbocycles. The van der Waals surface area contributed by atoms with Gasteiger partial charge in [0.25, 0.3) is 0 Å². The first-order valence-corrected chi connectivity index (χ1v) is 4.82. The van der Waals surface area contributed by atoms with Crippen molar-refractivity contribution in [2.45, 2.75) is 12.9 Å². The van der Waals surface area contributed by atoms with Crippen LogP contribution in [-0.4, -0.2) is 11.3 Å². The molecule has 0 unspecified atom stereocenters. The van der Waals surface area contributed by atoms with Crippen molar-refractivity contribution in [3.63, 3.8) is 0 Å². The van der Waals surface area contributed by atoms with Gasteiger partial charge < -0.3 is 16.2 Å². The van der Waals surface area contributed by atoms with E-state index in [4.69, 9.17) is 11.5 Å². The molecule has 0 aliphatic rings. The lowest BCUT2D eigenvalue weighted by atomic mass is 10.3. The predicted molar refractivity (Wildman–Crippen MR) is 55.9 cm³/mol. The lowest BCUT2D eigenvalue weighted by molar-refractivity contribution is -0.274. The van der Waals surface area contributed by atoms with Crippen LogP contribution in [0.5, 0.6) is 5.75 Å². The molecule has 0 saturated carbocycles. The Morgan fingerprint density at radius 1 is 1.47 bits per heavy atom. The zero-order valence-electron chi connectivity index (χ0n) is 7.31. The number of aromatic nitrogens is 1. The number of rotatable bonds is 2. The molecule has 0 amide bonds. The number of anilines is 1. The quantitative estimate of drug-likeness (QED) is 0.637. The van der Waals surface area contributed by atoms with E-state index in [1.54, 1.807) is 22.6 Å². The van der Waals surface area contributed by atoms with E-state index in [-0.39, 0.29) is 15.9 Å². The first kappa shape index (κ1) is 12.3. The van der Waals surface area contributed by atoms with Gasteiger partial charge in [-0.15, -0.1) is 13.2 Å². The van der Waals surface area contributed by atoms with Gasteiger partial charge in [-0.25, -0.2) is 4.98 Å². The Bertz CT molecular complexity index is 346. The number of nitrogens with zero attached hydrogens (tertiary/aromatic N) is 1. The summed E-state index contributed by atoms with van der Waals surface area (Å²) in [5.74, 6) is -0.486. The third-order valence-corrected chi connectivity index (χ3v) is 2.17. The Kier molecular flexibility index (Phi) is 3.60. The Morgan fingerprint density at radius 3 is 2.47 bits per heavy atom. The lowest BCUT2D eigenvalue weighted by Crippen LogP contribution is -2.19. The van der Waals surface area contributed by atoms with Gasteiger partial charge in [-0.2, -0.15) is 0 Å². The maximum absolute atomic E-state index is 12.0.